The van der Waals surface area contributed by atoms with Crippen LogP contribution in [0.3, 0.4) is 0 Å². The van der Waals surface area contributed by atoms with E-state index in [2.05, 4.69) is 134 Å². The Bertz CT molecular complexity index is 1250. The predicted molar refractivity (Wildman–Crippen MR) is 191 cm³/mol. The number of ether oxygens (including phenoxy) is 1. The lowest BCUT2D eigenvalue weighted by molar-refractivity contribution is 0.358. The third kappa shape index (κ3) is 10.6. The molecule has 2 aromatic rings. The molecule has 0 saturated carbocycles. The highest BCUT2D eigenvalue weighted by molar-refractivity contribution is 8.18. The molecule has 2 N–H and O–H groups in total. The summed E-state index contributed by atoms with van der Waals surface area (Å²) >= 11 is 3.70. The van der Waals surface area contributed by atoms with Crippen molar-refractivity contribution < 1.29 is 14.9 Å². The smallest absolute Gasteiger partial charge is 0.134 e. The van der Waals surface area contributed by atoms with Crippen LogP contribution in [0.2, 0.25) is 0 Å². The van der Waals surface area contributed by atoms with Crippen LogP contribution >= 0.6 is 23.5 Å². The van der Waals surface area contributed by atoms with Crippen molar-refractivity contribution in [2.75, 3.05) is 0 Å². The van der Waals surface area contributed by atoms with Gasteiger partial charge in [-0.2, -0.15) is 0 Å². The molecular weight excluding hydrogens is 569 g/mol. The summed E-state index contributed by atoms with van der Waals surface area (Å²) in [6.45, 7) is 38.7. The number of benzene rings is 2. The van der Waals surface area contributed by atoms with Crippen molar-refractivity contribution in [3.05, 3.63) is 71.2 Å². The standard InChI is InChI=1S/C38H58O3S2/c1-24(39)18-17-19-25(2)41-33-30(36(9,10)11)22-27(23-31(33)37(12,13)14)43-38(15,16)42-26-20-28(34(3,4)5)32(40)29(21-26)35(6,7)8/h20-23,39-40H,1-2,17-19H2,3-16H3. The van der Waals surface area contributed by atoms with Crippen LogP contribution in [0.15, 0.2) is 58.7 Å². The third-order valence-corrected chi connectivity index (χ3v) is 9.70. The molecule has 0 radical (unpaired) electrons. The Morgan fingerprint density at radius 3 is 1.30 bits per heavy atom. The molecule has 0 aliphatic heterocycles. The van der Waals surface area contributed by atoms with Crippen molar-refractivity contribution in [2.24, 2.45) is 0 Å². The number of allylic oxidation sites excluding steroid dienone is 2. The van der Waals surface area contributed by atoms with Gasteiger partial charge in [-0.15, -0.1) is 23.5 Å². The van der Waals surface area contributed by atoms with Crippen LogP contribution in [0.5, 0.6) is 11.5 Å². The van der Waals surface area contributed by atoms with E-state index in [4.69, 9.17) is 4.74 Å². The number of thioether (sulfide) groups is 2. The Balaban J connectivity index is 2.58. The largest absolute Gasteiger partial charge is 0.513 e. The van der Waals surface area contributed by atoms with Gasteiger partial charge in [0.05, 0.1) is 15.6 Å². The molecule has 0 spiro atoms. The quantitative estimate of drug-likeness (QED) is 0.156. The Hall–Kier alpha value is -1.98. The van der Waals surface area contributed by atoms with Crippen LogP contribution in [-0.2, 0) is 21.7 Å². The highest BCUT2D eigenvalue weighted by Crippen LogP contribution is 2.51. The van der Waals surface area contributed by atoms with E-state index < -0.39 is 0 Å². The number of hydrogen-bond donors (Lipinski definition) is 2. The second-order valence-corrected chi connectivity index (χ2v) is 20.0. The van der Waals surface area contributed by atoms with Crippen LogP contribution < -0.4 is 4.74 Å². The fourth-order valence-corrected chi connectivity index (χ4v) is 7.56. The first-order valence-electron chi connectivity index (χ1n) is 15.4. The van der Waals surface area contributed by atoms with Crippen LogP contribution in [0, 0.1) is 0 Å². The van der Waals surface area contributed by atoms with E-state index in [1.165, 1.54) is 9.79 Å². The molecule has 0 bridgehead atoms. The van der Waals surface area contributed by atoms with Gasteiger partial charge < -0.3 is 14.9 Å². The van der Waals surface area contributed by atoms with E-state index in [1.807, 2.05) is 23.5 Å². The molecule has 0 aliphatic rings. The summed E-state index contributed by atoms with van der Waals surface area (Å²) in [6.07, 6.45) is 1.94. The minimum atomic E-state index is -0.190. The summed E-state index contributed by atoms with van der Waals surface area (Å²) in [5.74, 6) is 2.20. The van der Waals surface area contributed by atoms with Crippen LogP contribution in [-0.4, -0.2) is 14.3 Å². The molecule has 43 heavy (non-hydrogen) atoms. The fraction of sp³-hybridized carbons (Fsp3) is 0.579. The maximum Gasteiger partial charge on any atom is 0.134 e. The van der Waals surface area contributed by atoms with E-state index >= 15 is 0 Å². The van der Waals surface area contributed by atoms with E-state index in [0.29, 0.717) is 24.4 Å². The Morgan fingerprint density at radius 2 is 0.977 bits per heavy atom. The second-order valence-electron chi connectivity index (χ2n) is 16.4. The van der Waals surface area contributed by atoms with Gasteiger partial charge in [0.25, 0.3) is 0 Å². The molecule has 0 saturated heterocycles. The van der Waals surface area contributed by atoms with Crippen molar-refractivity contribution in [2.45, 2.75) is 152 Å². The molecule has 0 atom stereocenters. The molecule has 240 valence electrons. The zero-order valence-electron chi connectivity index (χ0n) is 29.5. The molecule has 0 amide bonds. The third-order valence-electron chi connectivity index (χ3n) is 7.27. The summed E-state index contributed by atoms with van der Waals surface area (Å²) in [7, 11) is 0. The minimum absolute atomic E-state index is 0.150. The molecule has 3 nitrogen and oxygen atoms in total. The van der Waals surface area contributed by atoms with Gasteiger partial charge in [0, 0.05) is 44.9 Å². The van der Waals surface area contributed by atoms with Gasteiger partial charge >= 0.3 is 0 Å². The van der Waals surface area contributed by atoms with Gasteiger partial charge in [-0.25, -0.2) is 0 Å². The fourth-order valence-electron chi connectivity index (χ4n) is 4.97. The van der Waals surface area contributed by atoms with Crippen molar-refractivity contribution in [3.63, 3.8) is 0 Å². The summed E-state index contributed by atoms with van der Waals surface area (Å²) in [6, 6.07) is 8.93. The summed E-state index contributed by atoms with van der Waals surface area (Å²) in [5, 5.41) is 20.7. The van der Waals surface area contributed by atoms with Gasteiger partial charge in [0.1, 0.15) is 11.5 Å². The summed E-state index contributed by atoms with van der Waals surface area (Å²) in [4.78, 5) is 2.37. The molecule has 2 rings (SSSR count). The van der Waals surface area contributed by atoms with Gasteiger partial charge in [-0.05, 0) is 66.2 Å². The average molecular weight is 627 g/mol. The molecule has 5 heteroatoms. The first kappa shape index (κ1) is 37.2. The zero-order chi connectivity index (χ0) is 33.3. The predicted octanol–water partition coefficient (Wildman–Crippen LogP) is 12.3. The lowest BCUT2D eigenvalue weighted by atomic mass is 9.79. The molecule has 0 fully saturated rings. The van der Waals surface area contributed by atoms with Gasteiger partial charge in [0.2, 0.25) is 0 Å². The number of aromatic hydroxyl groups is 1. The Morgan fingerprint density at radius 1 is 0.628 bits per heavy atom. The number of aliphatic hydroxyl groups is 1. The van der Waals surface area contributed by atoms with Crippen molar-refractivity contribution in [3.8, 4) is 11.5 Å². The van der Waals surface area contributed by atoms with Crippen LogP contribution in [0.4, 0.5) is 0 Å². The van der Waals surface area contributed by atoms with Crippen molar-refractivity contribution >= 4 is 23.5 Å². The van der Waals surface area contributed by atoms with Crippen LogP contribution in [0.25, 0.3) is 0 Å². The van der Waals surface area contributed by atoms with E-state index in [9.17, 15) is 10.2 Å². The number of phenolic OH excluding ortho intramolecular Hbond substituents is 1. The zero-order valence-corrected chi connectivity index (χ0v) is 31.1. The number of phenols is 1. The average Bonchev–Trinajstić information content (AvgIpc) is 2.77. The molecule has 0 unspecified atom stereocenters. The van der Waals surface area contributed by atoms with Crippen LogP contribution in [0.1, 0.15) is 138 Å². The normalized spacial score (nSPS) is 13.3. The van der Waals surface area contributed by atoms with Crippen molar-refractivity contribution in [1.29, 1.82) is 0 Å². The second kappa shape index (κ2) is 13.2. The highest BCUT2D eigenvalue weighted by atomic mass is 32.2. The SMILES string of the molecule is C=C(O)CCCC(=C)Oc1c(C(C)(C)C)cc(SC(C)(C)Sc2cc(C(C)(C)C)c(O)c(C(C)(C)C)c2)cc1C(C)(C)C. The Labute approximate surface area is 272 Å². The molecule has 2 aromatic carbocycles. The summed E-state index contributed by atoms with van der Waals surface area (Å²) < 4.78 is 6.36. The molecule has 0 aliphatic carbocycles. The summed E-state index contributed by atoms with van der Waals surface area (Å²) in [5.41, 5.74) is 3.64. The number of rotatable bonds is 10. The highest BCUT2D eigenvalue weighted by Gasteiger charge is 2.32. The lowest BCUT2D eigenvalue weighted by Crippen LogP contribution is -2.20. The van der Waals surface area contributed by atoms with Gasteiger partial charge in [-0.3, -0.25) is 0 Å². The molecule has 0 aromatic heterocycles. The molecular formula is C38H58O3S2. The first-order valence-corrected chi connectivity index (χ1v) is 17.0. The Kier molecular flexibility index (Phi) is 11.4. The van der Waals surface area contributed by atoms with E-state index in [1.54, 1.807) is 0 Å². The lowest BCUT2D eigenvalue weighted by Gasteiger charge is -2.33. The monoisotopic (exact) mass is 626 g/mol. The minimum Gasteiger partial charge on any atom is -0.513 e. The maximum atomic E-state index is 11.2. The molecule has 0 heterocycles. The first-order chi connectivity index (χ1) is 19.2. The maximum absolute atomic E-state index is 11.2. The van der Waals surface area contributed by atoms with Crippen molar-refractivity contribution in [1.82, 2.24) is 0 Å². The number of hydrogen-bond acceptors (Lipinski definition) is 5. The van der Waals surface area contributed by atoms with Gasteiger partial charge in [0.15, 0.2) is 0 Å². The van der Waals surface area contributed by atoms with E-state index in [0.717, 1.165) is 34.4 Å². The number of aliphatic hydroxyl groups excluding tert-OH is 1. The van der Waals surface area contributed by atoms with Gasteiger partial charge in [-0.1, -0.05) is 96.2 Å². The topological polar surface area (TPSA) is 49.7 Å². The van der Waals surface area contributed by atoms with E-state index in [-0.39, 0.29) is 31.5 Å².